The van der Waals surface area contributed by atoms with Gasteiger partial charge in [0, 0.05) is 5.69 Å². The van der Waals surface area contributed by atoms with Crippen molar-refractivity contribution < 1.29 is 14.3 Å². The van der Waals surface area contributed by atoms with Crippen LogP contribution in [0.15, 0.2) is 54.1 Å². The van der Waals surface area contributed by atoms with Gasteiger partial charge < -0.3 is 14.8 Å². The number of nitriles is 1. The summed E-state index contributed by atoms with van der Waals surface area (Å²) in [5.41, 5.74) is 1.33. The standard InChI is InChI=1S/C20H20N2O3/c1-3-24-18-11-10-15(13-19(18)25-4-2)12-16(14-21)20(23)22-17-8-6-5-7-9-17/h5-13H,3-4H2,1-2H3,(H,22,23). The minimum atomic E-state index is -0.458. The van der Waals surface area contributed by atoms with Crippen molar-refractivity contribution in [1.82, 2.24) is 0 Å². The Morgan fingerprint density at radius 3 is 2.40 bits per heavy atom. The van der Waals surface area contributed by atoms with Gasteiger partial charge in [-0.25, -0.2) is 0 Å². The summed E-state index contributed by atoms with van der Waals surface area (Å²) in [5, 5.41) is 12.0. The lowest BCUT2D eigenvalue weighted by molar-refractivity contribution is -0.112. The molecule has 2 aromatic rings. The van der Waals surface area contributed by atoms with Crippen molar-refractivity contribution in [3.63, 3.8) is 0 Å². The van der Waals surface area contributed by atoms with E-state index >= 15 is 0 Å². The number of hydrogen-bond donors (Lipinski definition) is 1. The van der Waals surface area contributed by atoms with Crippen LogP contribution in [0, 0.1) is 11.3 Å². The molecule has 2 aromatic carbocycles. The molecule has 128 valence electrons. The van der Waals surface area contributed by atoms with Crippen LogP contribution >= 0.6 is 0 Å². The van der Waals surface area contributed by atoms with Crippen LogP contribution in [-0.2, 0) is 4.79 Å². The average molecular weight is 336 g/mol. The summed E-state index contributed by atoms with van der Waals surface area (Å²) in [6.07, 6.45) is 1.52. The molecular weight excluding hydrogens is 316 g/mol. The predicted octanol–water partition coefficient (Wildman–Crippen LogP) is 4.03. The summed E-state index contributed by atoms with van der Waals surface area (Å²) >= 11 is 0. The van der Waals surface area contributed by atoms with Gasteiger partial charge in [0.05, 0.1) is 13.2 Å². The number of rotatable bonds is 7. The maximum absolute atomic E-state index is 12.3. The summed E-state index contributed by atoms with van der Waals surface area (Å²) in [7, 11) is 0. The molecule has 2 rings (SSSR count). The Balaban J connectivity index is 2.25. The van der Waals surface area contributed by atoms with Gasteiger partial charge in [-0.15, -0.1) is 0 Å². The second kappa shape index (κ2) is 9.14. The van der Waals surface area contributed by atoms with E-state index in [0.29, 0.717) is 36.0 Å². The van der Waals surface area contributed by atoms with E-state index in [9.17, 15) is 10.1 Å². The maximum atomic E-state index is 12.3. The van der Waals surface area contributed by atoms with E-state index in [1.807, 2.05) is 38.1 Å². The fourth-order valence-electron chi connectivity index (χ4n) is 2.19. The number of anilines is 1. The zero-order valence-electron chi connectivity index (χ0n) is 14.3. The highest BCUT2D eigenvalue weighted by Gasteiger charge is 2.11. The topological polar surface area (TPSA) is 71.3 Å². The van der Waals surface area contributed by atoms with Crippen LogP contribution in [0.4, 0.5) is 5.69 Å². The monoisotopic (exact) mass is 336 g/mol. The van der Waals surface area contributed by atoms with E-state index < -0.39 is 5.91 Å². The SMILES string of the molecule is CCOc1ccc(C=C(C#N)C(=O)Nc2ccccc2)cc1OCC. The summed E-state index contributed by atoms with van der Waals surface area (Å²) in [6, 6.07) is 16.2. The molecule has 0 atom stereocenters. The molecule has 0 bridgehead atoms. The van der Waals surface area contributed by atoms with E-state index in [4.69, 9.17) is 9.47 Å². The fraction of sp³-hybridized carbons (Fsp3) is 0.200. The minimum absolute atomic E-state index is 0.00969. The zero-order valence-corrected chi connectivity index (χ0v) is 14.3. The Morgan fingerprint density at radius 1 is 1.08 bits per heavy atom. The minimum Gasteiger partial charge on any atom is -0.490 e. The first-order chi connectivity index (χ1) is 12.2. The molecule has 0 heterocycles. The van der Waals surface area contributed by atoms with E-state index in [1.165, 1.54) is 6.08 Å². The third-order valence-corrected chi connectivity index (χ3v) is 3.28. The lowest BCUT2D eigenvalue weighted by Gasteiger charge is -2.11. The van der Waals surface area contributed by atoms with E-state index in [2.05, 4.69) is 5.32 Å². The molecule has 0 saturated heterocycles. The summed E-state index contributed by atoms with van der Waals surface area (Å²) < 4.78 is 11.1. The van der Waals surface area contributed by atoms with Gasteiger partial charge in [0.15, 0.2) is 11.5 Å². The fourth-order valence-corrected chi connectivity index (χ4v) is 2.19. The highest BCUT2D eigenvalue weighted by atomic mass is 16.5. The van der Waals surface area contributed by atoms with Crippen molar-refractivity contribution in [3.8, 4) is 17.6 Å². The third-order valence-electron chi connectivity index (χ3n) is 3.28. The summed E-state index contributed by atoms with van der Waals surface area (Å²) in [5.74, 6) is 0.758. The molecule has 0 spiro atoms. The number of nitrogens with one attached hydrogen (secondary N) is 1. The van der Waals surface area contributed by atoms with Crippen LogP contribution in [-0.4, -0.2) is 19.1 Å². The van der Waals surface area contributed by atoms with Crippen LogP contribution < -0.4 is 14.8 Å². The van der Waals surface area contributed by atoms with E-state index in [0.717, 1.165) is 0 Å². The Bertz CT molecular complexity index is 792. The van der Waals surface area contributed by atoms with Gasteiger partial charge in [-0.05, 0) is 49.8 Å². The zero-order chi connectivity index (χ0) is 18.1. The van der Waals surface area contributed by atoms with Crippen LogP contribution in [0.2, 0.25) is 0 Å². The summed E-state index contributed by atoms with van der Waals surface area (Å²) in [6.45, 7) is 4.79. The van der Waals surface area contributed by atoms with Crippen molar-refractivity contribution in [2.24, 2.45) is 0 Å². The van der Waals surface area contributed by atoms with Gasteiger partial charge in [0.25, 0.3) is 5.91 Å². The largest absolute Gasteiger partial charge is 0.490 e. The van der Waals surface area contributed by atoms with Gasteiger partial charge in [0.2, 0.25) is 0 Å². The Labute approximate surface area is 147 Å². The first-order valence-corrected chi connectivity index (χ1v) is 8.05. The number of para-hydroxylation sites is 1. The predicted molar refractivity (Wildman–Crippen MR) is 97.4 cm³/mol. The molecule has 1 amide bonds. The molecular formula is C20H20N2O3. The van der Waals surface area contributed by atoms with Gasteiger partial charge in [-0.1, -0.05) is 24.3 Å². The van der Waals surface area contributed by atoms with Crippen molar-refractivity contribution >= 4 is 17.7 Å². The third kappa shape index (κ3) is 5.11. The molecule has 0 aliphatic heterocycles. The maximum Gasteiger partial charge on any atom is 0.266 e. The highest BCUT2D eigenvalue weighted by Crippen LogP contribution is 2.29. The van der Waals surface area contributed by atoms with Gasteiger partial charge >= 0.3 is 0 Å². The van der Waals surface area contributed by atoms with Crippen LogP contribution in [0.5, 0.6) is 11.5 Å². The van der Waals surface area contributed by atoms with Crippen molar-refractivity contribution in [1.29, 1.82) is 5.26 Å². The molecule has 0 fully saturated rings. The highest BCUT2D eigenvalue weighted by molar-refractivity contribution is 6.09. The second-order valence-corrected chi connectivity index (χ2v) is 5.06. The number of carbonyl (C=O) groups excluding carboxylic acids is 1. The van der Waals surface area contributed by atoms with Gasteiger partial charge in [0.1, 0.15) is 11.6 Å². The number of benzene rings is 2. The van der Waals surface area contributed by atoms with E-state index in [1.54, 1.807) is 30.3 Å². The van der Waals surface area contributed by atoms with Crippen molar-refractivity contribution in [3.05, 3.63) is 59.7 Å². The number of hydrogen-bond acceptors (Lipinski definition) is 4. The average Bonchev–Trinajstić information content (AvgIpc) is 2.63. The number of ether oxygens (including phenoxy) is 2. The first-order valence-electron chi connectivity index (χ1n) is 8.05. The van der Waals surface area contributed by atoms with Crippen LogP contribution in [0.3, 0.4) is 0 Å². The smallest absolute Gasteiger partial charge is 0.266 e. The second-order valence-electron chi connectivity index (χ2n) is 5.06. The molecule has 5 heteroatoms. The molecule has 0 aliphatic carbocycles. The molecule has 25 heavy (non-hydrogen) atoms. The molecule has 0 aromatic heterocycles. The number of amides is 1. The Hall–Kier alpha value is -3.26. The quantitative estimate of drug-likeness (QED) is 0.612. The number of carbonyl (C=O) groups is 1. The lowest BCUT2D eigenvalue weighted by Crippen LogP contribution is -2.13. The van der Waals surface area contributed by atoms with Crippen molar-refractivity contribution in [2.45, 2.75) is 13.8 Å². The Morgan fingerprint density at radius 2 is 1.76 bits per heavy atom. The molecule has 5 nitrogen and oxygen atoms in total. The van der Waals surface area contributed by atoms with Gasteiger partial charge in [-0.2, -0.15) is 5.26 Å². The normalized spacial score (nSPS) is 10.7. The molecule has 1 N–H and O–H groups in total. The molecule has 0 radical (unpaired) electrons. The molecule has 0 unspecified atom stereocenters. The van der Waals surface area contributed by atoms with E-state index in [-0.39, 0.29) is 5.57 Å². The molecule has 0 aliphatic rings. The van der Waals surface area contributed by atoms with Crippen LogP contribution in [0.25, 0.3) is 6.08 Å². The summed E-state index contributed by atoms with van der Waals surface area (Å²) in [4.78, 5) is 12.3. The number of nitrogens with zero attached hydrogens (tertiary/aromatic N) is 1. The van der Waals surface area contributed by atoms with Gasteiger partial charge in [-0.3, -0.25) is 4.79 Å². The lowest BCUT2D eigenvalue weighted by atomic mass is 10.1. The van der Waals surface area contributed by atoms with Crippen molar-refractivity contribution in [2.75, 3.05) is 18.5 Å². The first kappa shape index (κ1) is 18.1. The Kier molecular flexibility index (Phi) is 6.61. The molecule has 0 saturated carbocycles. The van der Waals surface area contributed by atoms with Crippen LogP contribution in [0.1, 0.15) is 19.4 Å².